The lowest BCUT2D eigenvalue weighted by Gasteiger charge is -2.28. The molecule has 1 aliphatic carbocycles. The van der Waals surface area contributed by atoms with Gasteiger partial charge in [0.25, 0.3) is 0 Å². The highest BCUT2D eigenvalue weighted by Crippen LogP contribution is 2.26. The van der Waals surface area contributed by atoms with E-state index in [4.69, 9.17) is 0 Å². The van der Waals surface area contributed by atoms with Gasteiger partial charge in [0, 0.05) is 5.92 Å². The molecule has 1 aliphatic rings. The Bertz CT molecular complexity index is 80.6. The van der Waals surface area contributed by atoms with Crippen LogP contribution in [0.1, 0.15) is 33.1 Å². The van der Waals surface area contributed by atoms with Crippen LogP contribution in [0.3, 0.4) is 0 Å². The summed E-state index contributed by atoms with van der Waals surface area (Å²) >= 11 is 0. The zero-order chi connectivity index (χ0) is 6.85. The van der Waals surface area contributed by atoms with Crippen LogP contribution in [0.2, 0.25) is 0 Å². The van der Waals surface area contributed by atoms with Crippen LogP contribution in [0.4, 0.5) is 0 Å². The van der Waals surface area contributed by atoms with Gasteiger partial charge in [-0.3, -0.25) is 0 Å². The van der Waals surface area contributed by atoms with Gasteiger partial charge in [-0.05, 0) is 25.2 Å². The van der Waals surface area contributed by atoms with Gasteiger partial charge in [-0.15, -0.1) is 0 Å². The molecule has 0 amide bonds. The van der Waals surface area contributed by atoms with E-state index in [0.29, 0.717) is 0 Å². The van der Waals surface area contributed by atoms with Gasteiger partial charge in [-0.25, -0.2) is 0 Å². The van der Waals surface area contributed by atoms with Gasteiger partial charge in [-0.2, -0.15) is 0 Å². The van der Waals surface area contributed by atoms with Crippen LogP contribution >= 0.6 is 0 Å². The third kappa shape index (κ3) is 1.45. The minimum absolute atomic E-state index is 0.730. The molecule has 0 bridgehead atoms. The Morgan fingerprint density at radius 2 is 1.89 bits per heavy atom. The monoisotopic (exact) mass is 128 g/mol. The lowest BCUT2D eigenvalue weighted by molar-refractivity contribution is -0.440. The minimum Gasteiger partial charge on any atom is -0.355 e. The molecular formula is C8H18N+. The zero-order valence-corrected chi connectivity index (χ0v) is 6.56. The molecule has 1 heteroatoms. The van der Waals surface area contributed by atoms with Crippen LogP contribution in [-0.4, -0.2) is 6.04 Å². The first-order valence-corrected chi connectivity index (χ1v) is 4.05. The normalized spacial score (nSPS) is 45.0. The van der Waals surface area contributed by atoms with Gasteiger partial charge in [0.15, 0.2) is 0 Å². The molecule has 0 aromatic rings. The third-order valence-electron chi connectivity index (χ3n) is 2.88. The first-order chi connectivity index (χ1) is 4.22. The first-order valence-electron chi connectivity index (χ1n) is 4.05. The minimum atomic E-state index is 0.730. The molecule has 0 heterocycles. The fourth-order valence-electron chi connectivity index (χ4n) is 1.69. The van der Waals surface area contributed by atoms with E-state index in [-0.39, 0.29) is 0 Å². The Labute approximate surface area is 57.6 Å². The number of hydrogen-bond donors (Lipinski definition) is 1. The topological polar surface area (TPSA) is 27.6 Å². The summed E-state index contributed by atoms with van der Waals surface area (Å²) in [5.41, 5.74) is 4.13. The summed E-state index contributed by atoms with van der Waals surface area (Å²) in [6, 6.07) is 0.730. The van der Waals surface area contributed by atoms with Crippen LogP contribution in [0.25, 0.3) is 0 Å². The van der Waals surface area contributed by atoms with Crippen LogP contribution in [0.5, 0.6) is 0 Å². The van der Waals surface area contributed by atoms with E-state index in [9.17, 15) is 0 Å². The van der Waals surface area contributed by atoms with Crippen LogP contribution in [0.15, 0.2) is 0 Å². The Balaban J connectivity index is 2.41. The van der Waals surface area contributed by atoms with Crippen molar-refractivity contribution in [3.05, 3.63) is 0 Å². The lowest BCUT2D eigenvalue weighted by atomic mass is 9.78. The molecule has 1 saturated carbocycles. The van der Waals surface area contributed by atoms with Gasteiger partial charge in [0.05, 0.1) is 6.04 Å². The summed E-state index contributed by atoms with van der Waals surface area (Å²) in [6.07, 6.45) is 4.18. The highest BCUT2D eigenvalue weighted by atomic mass is 14.7. The molecule has 3 atom stereocenters. The fourth-order valence-corrected chi connectivity index (χ4v) is 1.69. The van der Waals surface area contributed by atoms with E-state index < -0.39 is 0 Å². The predicted molar refractivity (Wildman–Crippen MR) is 38.9 cm³/mol. The molecule has 0 radical (unpaired) electrons. The van der Waals surface area contributed by atoms with Gasteiger partial charge in [-0.1, -0.05) is 13.8 Å². The van der Waals surface area contributed by atoms with Crippen molar-refractivity contribution in [2.75, 3.05) is 0 Å². The summed E-state index contributed by atoms with van der Waals surface area (Å²) in [5, 5.41) is 0. The first kappa shape index (κ1) is 7.07. The average Bonchev–Trinajstić information content (AvgIpc) is 1.83. The third-order valence-corrected chi connectivity index (χ3v) is 2.88. The molecule has 0 spiro atoms. The summed E-state index contributed by atoms with van der Waals surface area (Å²) in [4.78, 5) is 0. The lowest BCUT2D eigenvalue weighted by Crippen LogP contribution is -2.65. The van der Waals surface area contributed by atoms with Gasteiger partial charge in [0.1, 0.15) is 0 Å². The van der Waals surface area contributed by atoms with Crippen molar-refractivity contribution in [1.29, 1.82) is 0 Å². The molecule has 0 aromatic heterocycles. The fraction of sp³-hybridized carbons (Fsp3) is 1.00. The second kappa shape index (κ2) is 2.70. The van der Waals surface area contributed by atoms with Crippen molar-refractivity contribution in [1.82, 2.24) is 0 Å². The molecule has 0 aliphatic heterocycles. The molecule has 1 nitrogen and oxygen atoms in total. The summed E-state index contributed by atoms with van der Waals surface area (Å²) in [6.45, 7) is 4.68. The molecule has 0 aromatic carbocycles. The quantitative estimate of drug-likeness (QED) is 0.505. The second-order valence-corrected chi connectivity index (χ2v) is 3.53. The Morgan fingerprint density at radius 3 is 2.33 bits per heavy atom. The molecule has 0 saturated heterocycles. The SMILES string of the molecule is C[C@@H]1[C@H](C)CCC[C@H]1[NH3+]. The predicted octanol–water partition coefficient (Wildman–Crippen LogP) is 1.05. The van der Waals surface area contributed by atoms with E-state index in [1.807, 2.05) is 0 Å². The van der Waals surface area contributed by atoms with Crippen molar-refractivity contribution >= 4 is 0 Å². The highest BCUT2D eigenvalue weighted by molar-refractivity contribution is 4.74. The van der Waals surface area contributed by atoms with Gasteiger partial charge < -0.3 is 5.73 Å². The molecule has 0 unspecified atom stereocenters. The number of hydrogen-bond acceptors (Lipinski definition) is 0. The number of rotatable bonds is 0. The van der Waals surface area contributed by atoms with E-state index in [1.54, 1.807) is 0 Å². The Kier molecular flexibility index (Phi) is 2.12. The van der Waals surface area contributed by atoms with Crippen molar-refractivity contribution in [3.8, 4) is 0 Å². The maximum Gasteiger partial charge on any atom is 0.0871 e. The zero-order valence-electron chi connectivity index (χ0n) is 6.56. The summed E-state index contributed by atoms with van der Waals surface area (Å²) in [7, 11) is 0. The standard InChI is InChI=1S/C8H17N/c1-6-4-3-5-8(9)7(6)2/h6-8H,3-5,9H2,1-2H3/p+1/t6-,7-,8-/m1/s1. The van der Waals surface area contributed by atoms with Gasteiger partial charge in [0.2, 0.25) is 0 Å². The van der Waals surface area contributed by atoms with E-state index in [1.165, 1.54) is 19.3 Å². The van der Waals surface area contributed by atoms with E-state index in [0.717, 1.165) is 17.9 Å². The Morgan fingerprint density at radius 1 is 1.22 bits per heavy atom. The molecule has 1 rings (SSSR count). The van der Waals surface area contributed by atoms with Crippen molar-refractivity contribution in [2.24, 2.45) is 11.8 Å². The maximum absolute atomic E-state index is 4.13. The van der Waals surface area contributed by atoms with Crippen LogP contribution < -0.4 is 5.73 Å². The highest BCUT2D eigenvalue weighted by Gasteiger charge is 2.26. The molecule has 9 heavy (non-hydrogen) atoms. The molecule has 1 fully saturated rings. The van der Waals surface area contributed by atoms with Crippen molar-refractivity contribution in [3.63, 3.8) is 0 Å². The van der Waals surface area contributed by atoms with Crippen LogP contribution in [0, 0.1) is 11.8 Å². The van der Waals surface area contributed by atoms with Crippen LogP contribution in [-0.2, 0) is 0 Å². The van der Waals surface area contributed by atoms with Crippen molar-refractivity contribution < 1.29 is 5.73 Å². The van der Waals surface area contributed by atoms with Crippen molar-refractivity contribution in [2.45, 2.75) is 39.2 Å². The molecular weight excluding hydrogens is 110 g/mol. The maximum atomic E-state index is 4.13. The largest absolute Gasteiger partial charge is 0.355 e. The number of quaternary nitrogens is 1. The summed E-state index contributed by atoms with van der Waals surface area (Å²) < 4.78 is 0. The molecule has 3 N–H and O–H groups in total. The summed E-state index contributed by atoms with van der Waals surface area (Å²) in [5.74, 6) is 1.78. The second-order valence-electron chi connectivity index (χ2n) is 3.53. The Hall–Kier alpha value is -0.0400. The average molecular weight is 128 g/mol. The van der Waals surface area contributed by atoms with E-state index >= 15 is 0 Å². The molecule has 54 valence electrons. The van der Waals surface area contributed by atoms with E-state index in [2.05, 4.69) is 19.6 Å². The van der Waals surface area contributed by atoms with Gasteiger partial charge >= 0.3 is 0 Å². The smallest absolute Gasteiger partial charge is 0.0871 e.